The number of anilines is 2. The third kappa shape index (κ3) is 2.54. The molecule has 3 aromatic rings. The van der Waals surface area contributed by atoms with Crippen molar-refractivity contribution in [1.82, 2.24) is 14.4 Å². The molecule has 7 heteroatoms. The van der Waals surface area contributed by atoms with Crippen molar-refractivity contribution in [2.45, 2.75) is 0 Å². The Bertz CT molecular complexity index is 734. The number of hydrogen-bond donors (Lipinski definition) is 1. The fraction of sp³-hybridized carbons (Fsp3) is 0. The van der Waals surface area contributed by atoms with Crippen molar-refractivity contribution < 1.29 is 0 Å². The molecule has 4 nitrogen and oxygen atoms in total. The molecule has 19 heavy (non-hydrogen) atoms. The first-order valence-corrected chi connectivity index (χ1v) is 7.73. The molecule has 0 atom stereocenters. The van der Waals surface area contributed by atoms with Gasteiger partial charge in [-0.05, 0) is 59.9 Å². The van der Waals surface area contributed by atoms with E-state index in [9.17, 15) is 0 Å². The van der Waals surface area contributed by atoms with E-state index < -0.39 is 0 Å². The largest absolute Gasteiger partial charge is 0.335 e. The summed E-state index contributed by atoms with van der Waals surface area (Å²) >= 11 is 10.4. The van der Waals surface area contributed by atoms with Crippen LogP contribution in [0, 0.1) is 0 Å². The molecule has 0 aliphatic carbocycles. The van der Waals surface area contributed by atoms with E-state index in [0.29, 0.717) is 5.82 Å². The second-order valence-corrected chi connectivity index (χ2v) is 6.31. The smallest absolute Gasteiger partial charge is 0.180 e. The third-order valence-corrected chi connectivity index (χ3v) is 4.25. The van der Waals surface area contributed by atoms with Gasteiger partial charge in [0.25, 0.3) is 0 Å². The lowest BCUT2D eigenvalue weighted by Gasteiger charge is -2.11. The van der Waals surface area contributed by atoms with Gasteiger partial charge in [-0.1, -0.05) is 6.07 Å². The van der Waals surface area contributed by atoms with Crippen LogP contribution in [-0.2, 0) is 0 Å². The van der Waals surface area contributed by atoms with Gasteiger partial charge in [-0.3, -0.25) is 0 Å². The standard InChI is InChI=1S/C12H7Br3N4/c13-7-2-1-3-8(14)10(7)18-11-12-16-4-5-19(12)6-9(15)17-11/h1-6H,(H,17,18). The average Bonchev–Trinajstić information content (AvgIpc) is 2.81. The van der Waals surface area contributed by atoms with E-state index in [4.69, 9.17) is 0 Å². The first kappa shape index (κ1) is 13.1. The van der Waals surface area contributed by atoms with E-state index >= 15 is 0 Å². The molecule has 0 saturated carbocycles. The van der Waals surface area contributed by atoms with Gasteiger partial charge < -0.3 is 9.72 Å². The van der Waals surface area contributed by atoms with Crippen LogP contribution in [0.15, 0.2) is 50.3 Å². The van der Waals surface area contributed by atoms with Crippen LogP contribution in [0.1, 0.15) is 0 Å². The first-order chi connectivity index (χ1) is 9.15. The van der Waals surface area contributed by atoms with Crippen molar-refractivity contribution in [3.05, 3.63) is 50.3 Å². The predicted molar refractivity (Wildman–Crippen MR) is 85.8 cm³/mol. The highest BCUT2D eigenvalue weighted by atomic mass is 79.9. The van der Waals surface area contributed by atoms with Gasteiger partial charge in [0.1, 0.15) is 4.60 Å². The number of fused-ring (bicyclic) bond motifs is 1. The Morgan fingerprint density at radius 2 is 1.84 bits per heavy atom. The van der Waals surface area contributed by atoms with E-state index in [2.05, 4.69) is 63.1 Å². The lowest BCUT2D eigenvalue weighted by atomic mass is 10.3. The topological polar surface area (TPSA) is 42.2 Å². The summed E-state index contributed by atoms with van der Waals surface area (Å²) in [5, 5.41) is 3.29. The summed E-state index contributed by atoms with van der Waals surface area (Å²) in [7, 11) is 0. The zero-order chi connectivity index (χ0) is 13.4. The van der Waals surface area contributed by atoms with Gasteiger partial charge in [0.15, 0.2) is 11.5 Å². The summed E-state index contributed by atoms with van der Waals surface area (Å²) in [4.78, 5) is 8.73. The summed E-state index contributed by atoms with van der Waals surface area (Å²) in [6, 6.07) is 5.89. The Morgan fingerprint density at radius 1 is 1.11 bits per heavy atom. The fourth-order valence-corrected chi connectivity index (χ4v) is 3.32. The molecule has 0 aliphatic rings. The summed E-state index contributed by atoms with van der Waals surface area (Å²) in [5.41, 5.74) is 1.68. The fourth-order valence-electron chi connectivity index (χ4n) is 1.72. The van der Waals surface area contributed by atoms with Crippen LogP contribution in [0.3, 0.4) is 0 Å². The maximum atomic E-state index is 4.43. The molecule has 1 N–H and O–H groups in total. The summed E-state index contributed by atoms with van der Waals surface area (Å²) in [6.07, 6.45) is 5.48. The van der Waals surface area contributed by atoms with Crippen LogP contribution >= 0.6 is 47.8 Å². The summed E-state index contributed by atoms with van der Waals surface area (Å²) in [5.74, 6) is 0.687. The second kappa shape index (κ2) is 5.22. The summed E-state index contributed by atoms with van der Waals surface area (Å²) in [6.45, 7) is 0. The van der Waals surface area contributed by atoms with Crippen molar-refractivity contribution >= 4 is 64.9 Å². The molecular formula is C12H7Br3N4. The Morgan fingerprint density at radius 3 is 2.58 bits per heavy atom. The molecule has 1 aromatic carbocycles. The van der Waals surface area contributed by atoms with Gasteiger partial charge in [-0.25, -0.2) is 9.97 Å². The number of aromatic nitrogens is 3. The first-order valence-electron chi connectivity index (χ1n) is 5.35. The third-order valence-electron chi connectivity index (χ3n) is 2.55. The molecular weight excluding hydrogens is 440 g/mol. The van der Waals surface area contributed by atoms with Crippen LogP contribution in [0.2, 0.25) is 0 Å². The molecule has 0 amide bonds. The van der Waals surface area contributed by atoms with Crippen molar-refractivity contribution in [3.8, 4) is 0 Å². The zero-order valence-electron chi connectivity index (χ0n) is 9.44. The molecule has 0 saturated heterocycles. The number of rotatable bonds is 2. The number of nitrogens with zero attached hydrogens (tertiary/aromatic N) is 3. The molecule has 0 unspecified atom stereocenters. The Labute approximate surface area is 134 Å². The Kier molecular flexibility index (Phi) is 3.60. The number of benzene rings is 1. The number of hydrogen-bond acceptors (Lipinski definition) is 3. The van der Waals surface area contributed by atoms with Crippen molar-refractivity contribution in [3.63, 3.8) is 0 Å². The van der Waals surface area contributed by atoms with Gasteiger partial charge in [-0.15, -0.1) is 0 Å². The van der Waals surface area contributed by atoms with Gasteiger partial charge in [0.2, 0.25) is 0 Å². The second-order valence-electron chi connectivity index (χ2n) is 3.79. The normalized spacial score (nSPS) is 10.9. The van der Waals surface area contributed by atoms with E-state index in [0.717, 1.165) is 24.9 Å². The zero-order valence-corrected chi connectivity index (χ0v) is 14.2. The maximum absolute atomic E-state index is 4.43. The molecule has 96 valence electrons. The minimum absolute atomic E-state index is 0.687. The molecule has 2 heterocycles. The molecule has 0 aliphatic heterocycles. The predicted octanol–water partition coefficient (Wildman–Crippen LogP) is 4.76. The monoisotopic (exact) mass is 444 g/mol. The van der Waals surface area contributed by atoms with Gasteiger partial charge >= 0.3 is 0 Å². The van der Waals surface area contributed by atoms with E-state index in [1.165, 1.54) is 0 Å². The van der Waals surface area contributed by atoms with Crippen LogP contribution in [-0.4, -0.2) is 14.4 Å². The van der Waals surface area contributed by atoms with E-state index in [1.807, 2.05) is 35.0 Å². The quantitative estimate of drug-likeness (QED) is 0.617. The number of halogens is 3. The Balaban J connectivity index is 2.13. The van der Waals surface area contributed by atoms with Crippen molar-refractivity contribution in [2.75, 3.05) is 5.32 Å². The van der Waals surface area contributed by atoms with Gasteiger partial charge in [-0.2, -0.15) is 0 Å². The van der Waals surface area contributed by atoms with E-state index in [-0.39, 0.29) is 0 Å². The highest BCUT2D eigenvalue weighted by Crippen LogP contribution is 2.33. The maximum Gasteiger partial charge on any atom is 0.180 e. The minimum Gasteiger partial charge on any atom is -0.335 e. The van der Waals surface area contributed by atoms with Crippen molar-refractivity contribution in [1.29, 1.82) is 0 Å². The molecule has 0 radical (unpaired) electrons. The number of para-hydroxylation sites is 1. The number of nitrogens with one attached hydrogen (secondary N) is 1. The van der Waals surface area contributed by atoms with Gasteiger partial charge in [0, 0.05) is 27.5 Å². The van der Waals surface area contributed by atoms with Crippen LogP contribution in [0.5, 0.6) is 0 Å². The Hall–Kier alpha value is -0.920. The van der Waals surface area contributed by atoms with Crippen LogP contribution in [0.25, 0.3) is 5.65 Å². The van der Waals surface area contributed by atoms with Gasteiger partial charge in [0.05, 0.1) is 5.69 Å². The highest BCUT2D eigenvalue weighted by Gasteiger charge is 2.10. The average molecular weight is 447 g/mol. The SMILES string of the molecule is Brc1cn2ccnc2c(Nc2c(Br)cccc2Br)n1. The van der Waals surface area contributed by atoms with E-state index in [1.54, 1.807) is 6.20 Å². The minimum atomic E-state index is 0.687. The lowest BCUT2D eigenvalue weighted by molar-refractivity contribution is 1.10. The van der Waals surface area contributed by atoms with Crippen LogP contribution < -0.4 is 5.32 Å². The molecule has 3 rings (SSSR count). The highest BCUT2D eigenvalue weighted by molar-refractivity contribution is 9.11. The van der Waals surface area contributed by atoms with Crippen LogP contribution in [0.4, 0.5) is 11.5 Å². The molecule has 2 aromatic heterocycles. The molecule has 0 fully saturated rings. The number of imidazole rings is 1. The van der Waals surface area contributed by atoms with Crippen molar-refractivity contribution in [2.24, 2.45) is 0 Å². The summed E-state index contributed by atoms with van der Waals surface area (Å²) < 4.78 is 4.55. The molecule has 0 bridgehead atoms. The lowest BCUT2D eigenvalue weighted by Crippen LogP contribution is -2.00. The molecule has 0 spiro atoms.